The Labute approximate surface area is 338 Å². The molecule has 0 radical (unpaired) electrons. The summed E-state index contributed by atoms with van der Waals surface area (Å²) in [6.45, 7) is 0. The second kappa shape index (κ2) is 12.7. The van der Waals surface area contributed by atoms with Crippen molar-refractivity contribution >= 4 is 38.6 Å². The monoisotopic (exact) mass is 736 g/mol. The largest absolute Gasteiger partial charge is 0.308 e. The molecule has 0 amide bonds. The lowest BCUT2D eigenvalue weighted by Gasteiger charge is -2.32. The van der Waals surface area contributed by atoms with Crippen LogP contribution in [0.15, 0.2) is 219 Å². The quantitative estimate of drug-likeness (QED) is 0.175. The van der Waals surface area contributed by atoms with Gasteiger partial charge in [-0.05, 0) is 113 Å². The number of fused-ring (bicyclic) bond motifs is 13. The minimum atomic E-state index is -0.442. The molecule has 1 heterocycles. The van der Waals surface area contributed by atoms with Gasteiger partial charge in [0.15, 0.2) is 0 Å². The Balaban J connectivity index is 1.01. The minimum Gasteiger partial charge on any atom is -0.308 e. The van der Waals surface area contributed by atoms with Crippen molar-refractivity contribution in [1.29, 1.82) is 0 Å². The van der Waals surface area contributed by atoms with Crippen molar-refractivity contribution in [2.24, 2.45) is 0 Å². The zero-order valence-electron chi connectivity index (χ0n) is 31.7. The van der Waals surface area contributed by atoms with Crippen molar-refractivity contribution in [3.63, 3.8) is 0 Å². The van der Waals surface area contributed by atoms with Crippen molar-refractivity contribution in [2.45, 2.75) is 5.41 Å². The second-order valence-electron chi connectivity index (χ2n) is 15.5. The van der Waals surface area contributed by atoms with E-state index in [-0.39, 0.29) is 0 Å². The highest BCUT2D eigenvalue weighted by Crippen LogP contribution is 2.65. The maximum Gasteiger partial charge on any atom is 0.0731 e. The van der Waals surface area contributed by atoms with Crippen molar-refractivity contribution < 1.29 is 0 Å². The molecule has 2 aliphatic rings. The Hall–Kier alpha value is -7.55. The van der Waals surface area contributed by atoms with E-state index in [0.29, 0.717) is 0 Å². The fourth-order valence-electron chi connectivity index (χ4n) is 10.2. The van der Waals surface area contributed by atoms with Gasteiger partial charge in [0.1, 0.15) is 0 Å². The van der Waals surface area contributed by atoms with Crippen LogP contribution in [-0.2, 0) is 5.41 Å². The van der Waals surface area contributed by atoms with Crippen LogP contribution in [0, 0.1) is 0 Å². The van der Waals surface area contributed by atoms with E-state index in [0.717, 1.165) is 22.6 Å². The van der Waals surface area contributed by atoms with Crippen molar-refractivity contribution in [2.75, 3.05) is 4.90 Å². The topological polar surface area (TPSA) is 16.1 Å². The normalized spacial score (nSPS) is 14.6. The summed E-state index contributed by atoms with van der Waals surface area (Å²) in [5.41, 5.74) is 18.3. The molecule has 2 nitrogen and oxygen atoms in total. The molecule has 2 aliphatic carbocycles. The van der Waals surface area contributed by atoms with Gasteiger partial charge in [0, 0.05) is 17.3 Å². The van der Waals surface area contributed by atoms with Crippen LogP contribution < -0.4 is 4.90 Å². The molecule has 2 heteroatoms. The number of nitrogens with zero attached hydrogens (tertiary/aromatic N) is 2. The van der Waals surface area contributed by atoms with E-state index in [1.54, 1.807) is 0 Å². The van der Waals surface area contributed by atoms with Crippen LogP contribution in [-0.4, -0.2) is 4.98 Å². The Kier molecular flexibility index (Phi) is 7.18. The highest BCUT2D eigenvalue weighted by atomic mass is 15.1. The number of hydrogen-bond donors (Lipinski definition) is 0. The van der Waals surface area contributed by atoms with E-state index < -0.39 is 5.41 Å². The van der Waals surface area contributed by atoms with Gasteiger partial charge in [-0.2, -0.15) is 0 Å². The standard InChI is InChI=1S/C56H36N2/c1-3-19-44-38(13-1)15-10-27-53(44)58(43-18-12-34-57-36-43)42-17-9-16-41(35-42)37-28-30-40(31-29-37)46-23-11-24-48-47-21-5-7-25-50(47)56(55(46)48)51-26-8-6-22-49(51)54-45-20-4-2-14-39(45)32-33-52(54)56/h1-36H. The molecule has 9 aromatic carbocycles. The van der Waals surface area contributed by atoms with Gasteiger partial charge in [-0.15, -0.1) is 0 Å². The van der Waals surface area contributed by atoms with Crippen molar-refractivity contribution in [1.82, 2.24) is 4.98 Å². The third-order valence-electron chi connectivity index (χ3n) is 12.5. The number of anilines is 3. The zero-order chi connectivity index (χ0) is 38.2. The molecule has 0 N–H and O–H groups in total. The minimum absolute atomic E-state index is 0.442. The van der Waals surface area contributed by atoms with Crippen LogP contribution in [0.3, 0.4) is 0 Å². The first-order valence-corrected chi connectivity index (χ1v) is 20.0. The van der Waals surface area contributed by atoms with E-state index in [9.17, 15) is 0 Å². The van der Waals surface area contributed by atoms with Gasteiger partial charge in [0.25, 0.3) is 0 Å². The van der Waals surface area contributed by atoms with Crippen molar-refractivity contribution in [3.05, 3.63) is 241 Å². The second-order valence-corrected chi connectivity index (χ2v) is 15.5. The SMILES string of the molecule is c1cncc(N(c2cccc(-c3ccc(-c4cccc5c4C4(c6ccccc6-5)c5ccccc5-c5c4ccc4ccccc54)cc3)c2)c2cccc3ccccc23)c1. The lowest BCUT2D eigenvalue weighted by atomic mass is 9.68. The van der Waals surface area contributed by atoms with E-state index in [2.05, 4.69) is 210 Å². The first-order chi connectivity index (χ1) is 28.8. The smallest absolute Gasteiger partial charge is 0.0731 e. The van der Waals surface area contributed by atoms with E-state index in [4.69, 9.17) is 0 Å². The summed E-state index contributed by atoms with van der Waals surface area (Å²) in [4.78, 5) is 6.83. The summed E-state index contributed by atoms with van der Waals surface area (Å²) >= 11 is 0. The molecule has 1 aromatic heterocycles. The number of rotatable bonds is 5. The molecule has 0 saturated heterocycles. The molecule has 0 saturated carbocycles. The van der Waals surface area contributed by atoms with Gasteiger partial charge in [-0.1, -0.05) is 176 Å². The van der Waals surface area contributed by atoms with E-state index in [1.165, 1.54) is 82.7 Å². The van der Waals surface area contributed by atoms with Crippen LogP contribution in [0.25, 0.3) is 66.1 Å². The molecule has 0 aliphatic heterocycles. The predicted octanol–water partition coefficient (Wildman–Crippen LogP) is 14.5. The van der Waals surface area contributed by atoms with Crippen LogP contribution in [0.5, 0.6) is 0 Å². The third kappa shape index (κ3) is 4.63. The Morgan fingerprint density at radius 1 is 0.379 bits per heavy atom. The lowest BCUT2D eigenvalue weighted by molar-refractivity contribution is 0.796. The summed E-state index contributed by atoms with van der Waals surface area (Å²) in [6, 6.07) is 76.0. The van der Waals surface area contributed by atoms with Crippen molar-refractivity contribution in [3.8, 4) is 44.5 Å². The maximum absolute atomic E-state index is 4.52. The molecule has 270 valence electrons. The maximum atomic E-state index is 4.52. The van der Waals surface area contributed by atoms with E-state index in [1.807, 2.05) is 18.5 Å². The third-order valence-corrected chi connectivity index (χ3v) is 12.5. The highest BCUT2D eigenvalue weighted by molar-refractivity contribution is 6.07. The Morgan fingerprint density at radius 3 is 1.83 bits per heavy atom. The number of hydrogen-bond acceptors (Lipinski definition) is 2. The van der Waals surface area contributed by atoms with Gasteiger partial charge in [0.05, 0.1) is 23.0 Å². The van der Waals surface area contributed by atoms with Gasteiger partial charge < -0.3 is 4.90 Å². The Morgan fingerprint density at radius 2 is 1.00 bits per heavy atom. The first-order valence-electron chi connectivity index (χ1n) is 20.0. The first kappa shape index (κ1) is 32.7. The molecule has 1 spiro atoms. The van der Waals surface area contributed by atoms with Crippen LogP contribution in [0.4, 0.5) is 17.1 Å². The molecule has 10 aromatic rings. The van der Waals surface area contributed by atoms with Gasteiger partial charge in [0.2, 0.25) is 0 Å². The molecule has 12 rings (SSSR count). The zero-order valence-corrected chi connectivity index (χ0v) is 31.7. The number of benzene rings is 9. The number of pyridine rings is 1. The molecular weight excluding hydrogens is 701 g/mol. The number of aromatic nitrogens is 1. The average molecular weight is 737 g/mol. The van der Waals surface area contributed by atoms with Crippen LogP contribution in [0.2, 0.25) is 0 Å². The predicted molar refractivity (Wildman–Crippen MR) is 241 cm³/mol. The summed E-state index contributed by atoms with van der Waals surface area (Å²) in [5, 5.41) is 4.98. The highest BCUT2D eigenvalue weighted by Gasteiger charge is 2.53. The van der Waals surface area contributed by atoms with Gasteiger partial charge >= 0.3 is 0 Å². The summed E-state index contributed by atoms with van der Waals surface area (Å²) in [7, 11) is 0. The molecule has 58 heavy (non-hydrogen) atoms. The molecule has 1 atom stereocenters. The van der Waals surface area contributed by atoms with Crippen LogP contribution in [0.1, 0.15) is 22.3 Å². The fourth-order valence-corrected chi connectivity index (χ4v) is 10.2. The Bertz CT molecular complexity index is 3230. The molecule has 0 bridgehead atoms. The van der Waals surface area contributed by atoms with Gasteiger partial charge in [-0.3, -0.25) is 4.98 Å². The fraction of sp³-hybridized carbons (Fsp3) is 0.0179. The van der Waals surface area contributed by atoms with E-state index >= 15 is 0 Å². The molecule has 1 unspecified atom stereocenters. The summed E-state index contributed by atoms with van der Waals surface area (Å²) in [6.07, 6.45) is 3.77. The summed E-state index contributed by atoms with van der Waals surface area (Å²) < 4.78 is 0. The summed E-state index contributed by atoms with van der Waals surface area (Å²) in [5.74, 6) is 0. The molecule has 0 fully saturated rings. The molecular formula is C56H36N2. The van der Waals surface area contributed by atoms with Crippen LogP contribution >= 0.6 is 0 Å². The lowest BCUT2D eigenvalue weighted by Crippen LogP contribution is -2.26. The van der Waals surface area contributed by atoms with Gasteiger partial charge in [-0.25, -0.2) is 0 Å². The average Bonchev–Trinajstić information content (AvgIpc) is 3.77.